The number of hydrogen-bond donors (Lipinski definition) is 5. The molecule has 0 aromatic heterocycles. The minimum Gasteiger partial charge on any atom is -0.355 e. The third-order valence-corrected chi connectivity index (χ3v) is 4.80. The summed E-state index contributed by atoms with van der Waals surface area (Å²) in [5.41, 5.74) is 5.42. The number of carbonyl (C=O) groups excluding carboxylic acids is 5. The maximum absolute atomic E-state index is 12.6. The molecular formula is C19H32IN5O5. The van der Waals surface area contributed by atoms with Gasteiger partial charge in [-0.2, -0.15) is 0 Å². The summed E-state index contributed by atoms with van der Waals surface area (Å²) in [5.74, 6) is -1.12. The van der Waals surface area contributed by atoms with Crippen molar-refractivity contribution in [2.45, 2.75) is 58.0 Å². The lowest BCUT2D eigenvalue weighted by Crippen LogP contribution is -2.51. The van der Waals surface area contributed by atoms with Crippen molar-refractivity contribution in [3.63, 3.8) is 0 Å². The van der Waals surface area contributed by atoms with Crippen molar-refractivity contribution >= 4 is 52.1 Å². The molecule has 10 nitrogen and oxygen atoms in total. The van der Waals surface area contributed by atoms with Crippen LogP contribution in [0, 0.1) is 0 Å². The molecular weight excluding hydrogens is 505 g/mol. The van der Waals surface area contributed by atoms with E-state index in [-0.39, 0.29) is 30.6 Å². The highest BCUT2D eigenvalue weighted by molar-refractivity contribution is 14.1. The Morgan fingerprint density at radius 2 is 1.57 bits per heavy atom. The Kier molecular flexibility index (Phi) is 14.5. The zero-order valence-corrected chi connectivity index (χ0v) is 19.7. The highest BCUT2D eigenvalue weighted by Gasteiger charge is 2.25. The van der Waals surface area contributed by atoms with Gasteiger partial charge in [0.05, 0.1) is 10.5 Å². The standard InChI is InChI=1S/C19H32IN5O5/c1-12(2)17(25-15(27)8-4-5-9-22-16(28)11-20)18(29)24-14(13(3)26)7-6-10-23-19(21)30/h14,17H,1,4-11H2,2-3H3,(H,22,28)(H,24,29)(H,25,27)(H3,21,23,30)/t14-,17-/m0/s1. The Morgan fingerprint density at radius 3 is 2.10 bits per heavy atom. The summed E-state index contributed by atoms with van der Waals surface area (Å²) >= 11 is 1.97. The molecule has 0 unspecified atom stereocenters. The normalized spacial score (nSPS) is 12.2. The molecule has 0 aromatic rings. The van der Waals surface area contributed by atoms with Gasteiger partial charge in [-0.05, 0) is 45.1 Å². The van der Waals surface area contributed by atoms with Gasteiger partial charge in [0.1, 0.15) is 6.04 Å². The second kappa shape index (κ2) is 15.6. The quantitative estimate of drug-likeness (QED) is 0.0878. The third-order valence-electron chi connectivity index (χ3n) is 4.11. The van der Waals surface area contributed by atoms with E-state index in [1.165, 1.54) is 6.92 Å². The van der Waals surface area contributed by atoms with Gasteiger partial charge in [-0.1, -0.05) is 29.2 Å². The van der Waals surface area contributed by atoms with Crippen molar-refractivity contribution < 1.29 is 24.0 Å². The molecule has 0 rings (SSSR count). The molecule has 0 aliphatic heterocycles. The van der Waals surface area contributed by atoms with Gasteiger partial charge in [-0.3, -0.25) is 19.2 Å². The molecule has 170 valence electrons. The monoisotopic (exact) mass is 537 g/mol. The van der Waals surface area contributed by atoms with Gasteiger partial charge < -0.3 is 27.0 Å². The minimum absolute atomic E-state index is 0.0514. The van der Waals surface area contributed by atoms with Crippen LogP contribution in [0.5, 0.6) is 0 Å². The summed E-state index contributed by atoms with van der Waals surface area (Å²) in [6.07, 6.45) is 2.17. The largest absolute Gasteiger partial charge is 0.355 e. The van der Waals surface area contributed by atoms with Crippen LogP contribution in [0.25, 0.3) is 0 Å². The van der Waals surface area contributed by atoms with Crippen molar-refractivity contribution in [1.29, 1.82) is 0 Å². The topological polar surface area (TPSA) is 159 Å². The number of nitrogens with two attached hydrogens (primary N) is 1. The predicted octanol–water partition coefficient (Wildman–Crippen LogP) is 0.291. The number of nitrogens with one attached hydrogen (secondary N) is 4. The summed E-state index contributed by atoms with van der Waals surface area (Å²) in [5, 5.41) is 10.4. The zero-order chi connectivity index (χ0) is 23.1. The number of amides is 5. The van der Waals surface area contributed by atoms with Crippen LogP contribution in [0.3, 0.4) is 0 Å². The molecule has 0 saturated carbocycles. The first kappa shape index (κ1) is 27.8. The van der Waals surface area contributed by atoms with Crippen molar-refractivity contribution in [2.24, 2.45) is 5.73 Å². The highest BCUT2D eigenvalue weighted by Crippen LogP contribution is 2.05. The molecule has 30 heavy (non-hydrogen) atoms. The summed E-state index contributed by atoms with van der Waals surface area (Å²) < 4.78 is 0.385. The third kappa shape index (κ3) is 13.1. The zero-order valence-electron chi connectivity index (χ0n) is 17.5. The number of ketones is 1. The number of rotatable bonds is 15. The van der Waals surface area contributed by atoms with E-state index in [1.807, 2.05) is 22.6 Å². The number of carbonyl (C=O) groups is 5. The molecule has 0 aliphatic carbocycles. The van der Waals surface area contributed by atoms with Crippen LogP contribution in [0.15, 0.2) is 12.2 Å². The Balaban J connectivity index is 4.56. The molecule has 0 saturated heterocycles. The molecule has 5 amide bonds. The van der Waals surface area contributed by atoms with Gasteiger partial charge in [0.15, 0.2) is 5.78 Å². The fourth-order valence-corrected chi connectivity index (χ4v) is 2.75. The summed E-state index contributed by atoms with van der Waals surface area (Å²) in [6.45, 7) is 7.49. The molecule has 2 atom stereocenters. The van der Waals surface area contributed by atoms with E-state index in [0.717, 1.165) is 0 Å². The lowest BCUT2D eigenvalue weighted by Gasteiger charge is -2.22. The molecule has 0 bridgehead atoms. The molecule has 0 radical (unpaired) electrons. The Morgan fingerprint density at radius 1 is 0.933 bits per heavy atom. The number of halogens is 1. The SMILES string of the molecule is C=C(C)[C@H](NC(=O)CCCCNC(=O)CI)C(=O)N[C@@H](CCCNC(N)=O)C(C)=O. The molecule has 0 aliphatic rings. The van der Waals surface area contributed by atoms with Crippen molar-refractivity contribution in [2.75, 3.05) is 17.5 Å². The van der Waals surface area contributed by atoms with E-state index in [0.29, 0.717) is 42.2 Å². The maximum atomic E-state index is 12.6. The number of hydrogen-bond acceptors (Lipinski definition) is 5. The van der Waals surface area contributed by atoms with Crippen LogP contribution < -0.4 is 27.0 Å². The first-order chi connectivity index (χ1) is 14.1. The first-order valence-electron chi connectivity index (χ1n) is 9.70. The highest BCUT2D eigenvalue weighted by atomic mass is 127. The molecule has 11 heteroatoms. The second-order valence-corrected chi connectivity index (χ2v) is 7.66. The lowest BCUT2D eigenvalue weighted by molar-refractivity contribution is -0.130. The van der Waals surface area contributed by atoms with Crippen LogP contribution >= 0.6 is 22.6 Å². The molecule has 0 spiro atoms. The number of unbranched alkanes of at least 4 members (excludes halogenated alkanes) is 1. The Labute approximate surface area is 190 Å². The predicted molar refractivity (Wildman–Crippen MR) is 122 cm³/mol. The van der Waals surface area contributed by atoms with Crippen molar-refractivity contribution in [1.82, 2.24) is 21.3 Å². The van der Waals surface area contributed by atoms with Gasteiger partial charge >= 0.3 is 6.03 Å². The summed E-state index contributed by atoms with van der Waals surface area (Å²) in [4.78, 5) is 58.4. The average molecular weight is 537 g/mol. The van der Waals surface area contributed by atoms with E-state index in [2.05, 4.69) is 27.8 Å². The van der Waals surface area contributed by atoms with Crippen LogP contribution in [0.1, 0.15) is 46.0 Å². The van der Waals surface area contributed by atoms with Crippen molar-refractivity contribution in [3.05, 3.63) is 12.2 Å². The van der Waals surface area contributed by atoms with Gasteiger partial charge in [0.25, 0.3) is 0 Å². The van der Waals surface area contributed by atoms with Crippen LogP contribution in [0.4, 0.5) is 4.79 Å². The molecule has 0 heterocycles. The molecule has 0 aromatic carbocycles. The second-order valence-electron chi connectivity index (χ2n) is 6.89. The maximum Gasteiger partial charge on any atom is 0.312 e. The minimum atomic E-state index is -0.957. The van der Waals surface area contributed by atoms with Crippen LogP contribution in [-0.4, -0.2) is 59.1 Å². The molecule has 6 N–H and O–H groups in total. The van der Waals surface area contributed by atoms with Crippen molar-refractivity contribution in [3.8, 4) is 0 Å². The van der Waals surface area contributed by atoms with Crippen LogP contribution in [0.2, 0.25) is 0 Å². The average Bonchev–Trinajstić information content (AvgIpc) is 2.66. The fourth-order valence-electron chi connectivity index (χ4n) is 2.48. The smallest absolute Gasteiger partial charge is 0.312 e. The number of primary amides is 1. The molecule has 0 fully saturated rings. The van der Waals surface area contributed by atoms with Gasteiger partial charge in [0, 0.05) is 19.5 Å². The fraction of sp³-hybridized carbons (Fsp3) is 0.632. The Bertz CT molecular complexity index is 641. The van der Waals surface area contributed by atoms with Gasteiger partial charge in [-0.25, -0.2) is 4.79 Å². The lowest BCUT2D eigenvalue weighted by atomic mass is 10.0. The number of alkyl halides is 1. The van der Waals surface area contributed by atoms with E-state index >= 15 is 0 Å². The van der Waals surface area contributed by atoms with E-state index < -0.39 is 24.0 Å². The summed E-state index contributed by atoms with van der Waals surface area (Å²) in [7, 11) is 0. The first-order valence-corrected chi connectivity index (χ1v) is 11.2. The van der Waals surface area contributed by atoms with E-state index in [9.17, 15) is 24.0 Å². The summed E-state index contributed by atoms with van der Waals surface area (Å²) in [6, 6.07) is -2.36. The van der Waals surface area contributed by atoms with Gasteiger partial charge in [0.2, 0.25) is 17.7 Å². The van der Waals surface area contributed by atoms with E-state index in [1.54, 1.807) is 6.92 Å². The van der Waals surface area contributed by atoms with Crippen LogP contribution in [-0.2, 0) is 19.2 Å². The Hall–Kier alpha value is -2.18. The number of Topliss-reactive ketones (excluding diaryl/α,β-unsaturated/α-hetero) is 1. The van der Waals surface area contributed by atoms with E-state index in [4.69, 9.17) is 5.73 Å². The number of urea groups is 1. The van der Waals surface area contributed by atoms with Gasteiger partial charge in [-0.15, -0.1) is 0 Å².